The van der Waals surface area contributed by atoms with Crippen LogP contribution < -0.4 is 10.2 Å². The van der Waals surface area contributed by atoms with E-state index in [0.717, 1.165) is 19.1 Å². The second kappa shape index (κ2) is 13.1. The van der Waals surface area contributed by atoms with E-state index in [2.05, 4.69) is 0 Å². The molecule has 0 unspecified atom stereocenters. The molecule has 0 aliphatic carbocycles. The first kappa shape index (κ1) is 31.1. The lowest BCUT2D eigenvalue weighted by Crippen LogP contribution is -2.61. The van der Waals surface area contributed by atoms with Gasteiger partial charge in [0.1, 0.15) is 58.5 Å². The minimum Gasteiger partial charge on any atom is -0.508 e. The Morgan fingerprint density at radius 3 is 2.24 bits per heavy atom. The van der Waals surface area contributed by atoms with Gasteiger partial charge < -0.3 is 48.9 Å². The number of hydrogen-bond donors (Lipinski definition) is 5. The number of carbonyl (C=O) groups is 2. The predicted molar refractivity (Wildman–Crippen MR) is 156 cm³/mol. The van der Waals surface area contributed by atoms with Crippen LogP contribution in [0, 0.1) is 0 Å². The lowest BCUT2D eigenvalue weighted by molar-refractivity contribution is -0.281. The summed E-state index contributed by atoms with van der Waals surface area (Å²) in [5.74, 6) is -2.04. The molecule has 0 bridgehead atoms. The molecule has 1 aliphatic heterocycles. The van der Waals surface area contributed by atoms with Crippen molar-refractivity contribution in [2.45, 2.75) is 37.6 Å². The fraction of sp³-hybridized carbons (Fsp3) is 0.219. The normalized spacial score (nSPS) is 21.4. The number of fused-ring (bicyclic) bond motifs is 1. The Kier molecular flexibility index (Phi) is 9.04. The zero-order chi connectivity index (χ0) is 32.2. The zero-order valence-electron chi connectivity index (χ0n) is 23.6. The van der Waals surface area contributed by atoms with Crippen LogP contribution in [0.5, 0.6) is 23.0 Å². The number of ether oxygens (including phenoxy) is 4. The van der Waals surface area contributed by atoms with Crippen molar-refractivity contribution in [1.82, 2.24) is 0 Å². The lowest BCUT2D eigenvalue weighted by Gasteiger charge is -2.41. The molecular formula is C32H28O13. The zero-order valence-corrected chi connectivity index (χ0v) is 23.6. The molecule has 1 saturated heterocycles. The van der Waals surface area contributed by atoms with Crippen molar-refractivity contribution in [3.8, 4) is 34.3 Å². The van der Waals surface area contributed by atoms with Gasteiger partial charge in [-0.1, -0.05) is 12.1 Å². The van der Waals surface area contributed by atoms with Gasteiger partial charge in [0, 0.05) is 36.8 Å². The standard InChI is InChI=1S/C32H28O13/c1-16(33)42-31-29(39)26(15-41-27(38)11-4-17-2-7-19(34)8-3-17)45-32(30(31)40)43-21-12-22(36)28-23(37)14-24(44-25(28)13-21)18-5-9-20(35)10-6-18/h2-14,26,29-32,34-36,39-40H,15H2,1H3/b11-4+/t26-,29-,30-,31+,32-/m1/s1. The Labute approximate surface area is 254 Å². The van der Waals surface area contributed by atoms with E-state index >= 15 is 0 Å². The summed E-state index contributed by atoms with van der Waals surface area (Å²) in [6.07, 6.45) is -5.31. The van der Waals surface area contributed by atoms with Gasteiger partial charge in [0.15, 0.2) is 17.6 Å². The lowest BCUT2D eigenvalue weighted by atomic mass is 9.99. The molecule has 0 saturated carbocycles. The Balaban J connectivity index is 1.36. The first-order valence-corrected chi connectivity index (χ1v) is 13.6. The van der Waals surface area contributed by atoms with E-state index in [1.807, 2.05) is 0 Å². The van der Waals surface area contributed by atoms with Crippen molar-refractivity contribution < 1.29 is 58.5 Å². The third-order valence-electron chi connectivity index (χ3n) is 6.83. The van der Waals surface area contributed by atoms with Gasteiger partial charge in [-0.05, 0) is 48.0 Å². The number of phenols is 3. The molecule has 4 aromatic rings. The second-order valence-electron chi connectivity index (χ2n) is 10.1. The van der Waals surface area contributed by atoms with Crippen molar-refractivity contribution in [2.24, 2.45) is 0 Å². The summed E-state index contributed by atoms with van der Waals surface area (Å²) in [5, 5.41) is 51.1. The highest BCUT2D eigenvalue weighted by Gasteiger charge is 2.48. The molecular weight excluding hydrogens is 592 g/mol. The SMILES string of the molecule is CC(=O)O[C@@H]1[C@@H](O)[C@H](Oc2cc(O)c3c(=O)cc(-c4ccc(O)cc4)oc3c2)O[C@H](COC(=O)/C=C/c2ccc(O)cc2)[C@H]1O. The summed E-state index contributed by atoms with van der Waals surface area (Å²) >= 11 is 0. The maximum atomic E-state index is 12.8. The average Bonchev–Trinajstić information content (AvgIpc) is 2.99. The molecule has 5 atom stereocenters. The van der Waals surface area contributed by atoms with Crippen LogP contribution >= 0.6 is 0 Å². The topological polar surface area (TPSA) is 202 Å². The summed E-state index contributed by atoms with van der Waals surface area (Å²) in [4.78, 5) is 36.9. The van der Waals surface area contributed by atoms with Gasteiger partial charge in [0.25, 0.3) is 0 Å². The smallest absolute Gasteiger partial charge is 0.330 e. The van der Waals surface area contributed by atoms with Crippen molar-refractivity contribution >= 4 is 29.0 Å². The van der Waals surface area contributed by atoms with Crippen molar-refractivity contribution in [3.05, 3.63) is 88.6 Å². The number of aromatic hydroxyl groups is 3. The predicted octanol–water partition coefficient (Wildman–Crippen LogP) is 2.59. The monoisotopic (exact) mass is 620 g/mol. The summed E-state index contributed by atoms with van der Waals surface area (Å²) in [6, 6.07) is 15.4. The van der Waals surface area contributed by atoms with Gasteiger partial charge in [-0.2, -0.15) is 0 Å². The Hall–Kier alpha value is -5.37. The fourth-order valence-electron chi connectivity index (χ4n) is 4.64. The molecule has 3 aromatic carbocycles. The van der Waals surface area contributed by atoms with E-state index in [-0.39, 0.29) is 34.0 Å². The molecule has 2 heterocycles. The van der Waals surface area contributed by atoms with Crippen LogP contribution in [0.15, 0.2) is 82.0 Å². The third-order valence-corrected chi connectivity index (χ3v) is 6.83. The summed E-state index contributed by atoms with van der Waals surface area (Å²) in [7, 11) is 0. The van der Waals surface area contributed by atoms with Crippen LogP contribution in [0.25, 0.3) is 28.4 Å². The molecule has 13 nitrogen and oxygen atoms in total. The van der Waals surface area contributed by atoms with Crippen molar-refractivity contribution in [2.75, 3.05) is 6.61 Å². The van der Waals surface area contributed by atoms with Crippen molar-refractivity contribution in [3.63, 3.8) is 0 Å². The van der Waals surface area contributed by atoms with E-state index in [1.54, 1.807) is 12.1 Å². The molecule has 234 valence electrons. The highest BCUT2D eigenvalue weighted by atomic mass is 16.7. The first-order chi connectivity index (χ1) is 21.5. The molecule has 0 amide bonds. The minimum absolute atomic E-state index is 0.0112. The van der Waals surface area contributed by atoms with E-state index in [9.17, 15) is 39.9 Å². The second-order valence-corrected chi connectivity index (χ2v) is 10.1. The molecule has 0 radical (unpaired) electrons. The Bertz CT molecular complexity index is 1780. The summed E-state index contributed by atoms with van der Waals surface area (Å²) in [6.45, 7) is 0.543. The number of rotatable bonds is 8. The van der Waals surface area contributed by atoms with Crippen molar-refractivity contribution in [1.29, 1.82) is 0 Å². The maximum absolute atomic E-state index is 12.8. The number of esters is 2. The average molecular weight is 621 g/mol. The van der Waals surface area contributed by atoms with Crippen LogP contribution in [-0.2, 0) is 23.8 Å². The van der Waals surface area contributed by atoms with E-state index in [0.29, 0.717) is 11.1 Å². The highest BCUT2D eigenvalue weighted by Crippen LogP contribution is 2.34. The minimum atomic E-state index is -1.74. The number of phenolic OH excluding ortho intramolecular Hbond substituents is 3. The third kappa shape index (κ3) is 7.24. The van der Waals surface area contributed by atoms with Gasteiger partial charge in [-0.15, -0.1) is 0 Å². The fourth-order valence-corrected chi connectivity index (χ4v) is 4.64. The van der Waals surface area contributed by atoms with Gasteiger partial charge in [-0.25, -0.2) is 4.79 Å². The summed E-state index contributed by atoms with van der Waals surface area (Å²) in [5.41, 5.74) is 0.442. The molecule has 13 heteroatoms. The largest absolute Gasteiger partial charge is 0.508 e. The molecule has 5 rings (SSSR count). The van der Waals surface area contributed by atoms with Crippen LogP contribution in [-0.4, -0.2) is 74.8 Å². The molecule has 1 fully saturated rings. The van der Waals surface area contributed by atoms with Crippen LogP contribution in [0.1, 0.15) is 12.5 Å². The van der Waals surface area contributed by atoms with E-state index < -0.39 is 60.4 Å². The molecule has 5 N–H and O–H groups in total. The Morgan fingerprint density at radius 1 is 0.911 bits per heavy atom. The Morgan fingerprint density at radius 2 is 1.58 bits per heavy atom. The number of carbonyl (C=O) groups excluding carboxylic acids is 2. The highest BCUT2D eigenvalue weighted by molar-refractivity contribution is 5.87. The number of hydrogen-bond acceptors (Lipinski definition) is 13. The van der Waals surface area contributed by atoms with Crippen LogP contribution in [0.3, 0.4) is 0 Å². The van der Waals surface area contributed by atoms with E-state index in [1.165, 1.54) is 54.6 Å². The van der Waals surface area contributed by atoms with E-state index in [4.69, 9.17) is 23.4 Å². The number of aliphatic hydroxyl groups excluding tert-OH is 2. The number of benzene rings is 3. The van der Waals surface area contributed by atoms with Gasteiger partial charge in [0.05, 0.1) is 0 Å². The summed E-state index contributed by atoms with van der Waals surface area (Å²) < 4.78 is 27.6. The van der Waals surface area contributed by atoms with Crippen LogP contribution in [0.2, 0.25) is 0 Å². The van der Waals surface area contributed by atoms with Crippen LogP contribution in [0.4, 0.5) is 0 Å². The van der Waals surface area contributed by atoms with Gasteiger partial charge >= 0.3 is 11.9 Å². The molecule has 45 heavy (non-hydrogen) atoms. The molecule has 1 aromatic heterocycles. The molecule has 0 spiro atoms. The molecule has 1 aliphatic rings. The number of aliphatic hydroxyl groups is 2. The first-order valence-electron chi connectivity index (χ1n) is 13.6. The quantitative estimate of drug-likeness (QED) is 0.142. The maximum Gasteiger partial charge on any atom is 0.330 e. The van der Waals surface area contributed by atoms with Gasteiger partial charge in [-0.3, -0.25) is 9.59 Å². The van der Waals surface area contributed by atoms with Gasteiger partial charge in [0.2, 0.25) is 6.29 Å².